The molecule has 27 heavy (non-hydrogen) atoms. The molecule has 1 aromatic carbocycles. The van der Waals surface area contributed by atoms with Crippen molar-refractivity contribution < 1.29 is 9.90 Å². The topological polar surface area (TPSA) is 111 Å². The van der Waals surface area contributed by atoms with Crippen LogP contribution < -0.4 is 16.6 Å². The number of imidazole rings is 1. The zero-order valence-electron chi connectivity index (χ0n) is 14.7. The first kappa shape index (κ1) is 18.5. The number of carbonyl (C=O) groups excluding carboxylic acids is 1. The lowest BCUT2D eigenvalue weighted by atomic mass is 10.2. The molecule has 0 radical (unpaired) electrons. The Balaban J connectivity index is 2.28. The van der Waals surface area contributed by atoms with Crippen molar-refractivity contribution >= 4 is 23.5 Å². The van der Waals surface area contributed by atoms with Crippen LogP contribution in [0, 0.1) is 0 Å². The number of rotatable bonds is 3. The number of nitrogens with one attached hydrogen (secondary N) is 1. The highest BCUT2D eigenvalue weighted by Gasteiger charge is 2.21. The number of benzene rings is 1. The van der Waals surface area contributed by atoms with E-state index in [-0.39, 0.29) is 23.1 Å². The monoisotopic (exact) mass is 389 g/mol. The van der Waals surface area contributed by atoms with E-state index >= 15 is 0 Å². The van der Waals surface area contributed by atoms with E-state index in [0.717, 1.165) is 9.13 Å². The molecule has 0 unspecified atom stereocenters. The summed E-state index contributed by atoms with van der Waals surface area (Å²) in [7, 11) is 2.64. The molecule has 1 amide bonds. The molecule has 0 aliphatic carbocycles. The Kier molecular flexibility index (Phi) is 4.63. The van der Waals surface area contributed by atoms with Gasteiger partial charge in [0.05, 0.1) is 0 Å². The second-order valence-corrected chi connectivity index (χ2v) is 6.32. The summed E-state index contributed by atoms with van der Waals surface area (Å²) in [6.07, 6.45) is 1.48. The number of carbonyl (C=O) groups is 1. The predicted molar refractivity (Wildman–Crippen MR) is 100 cm³/mol. The Morgan fingerprint density at radius 1 is 1.15 bits per heavy atom. The van der Waals surface area contributed by atoms with Crippen molar-refractivity contribution in [2.24, 2.45) is 14.1 Å². The summed E-state index contributed by atoms with van der Waals surface area (Å²) in [5.74, 6) is -0.728. The molecule has 9 nitrogen and oxygen atoms in total. The van der Waals surface area contributed by atoms with Gasteiger partial charge >= 0.3 is 5.69 Å². The number of amides is 1. The molecule has 0 fully saturated rings. The van der Waals surface area contributed by atoms with Gasteiger partial charge in [0.2, 0.25) is 17.7 Å². The fraction of sp³-hybridized carbons (Fsp3) is 0.176. The molecule has 140 valence electrons. The van der Waals surface area contributed by atoms with Crippen LogP contribution >= 0.6 is 11.6 Å². The van der Waals surface area contributed by atoms with Crippen molar-refractivity contribution in [3.05, 3.63) is 56.3 Å². The van der Waals surface area contributed by atoms with Gasteiger partial charge in [0.15, 0.2) is 0 Å². The van der Waals surface area contributed by atoms with E-state index in [1.807, 2.05) is 0 Å². The molecule has 0 saturated carbocycles. The van der Waals surface area contributed by atoms with E-state index in [2.05, 4.69) is 10.3 Å². The van der Waals surface area contributed by atoms with Crippen LogP contribution in [0.1, 0.15) is 6.92 Å². The molecule has 3 rings (SSSR count). The van der Waals surface area contributed by atoms with Gasteiger partial charge in [0, 0.05) is 37.9 Å². The van der Waals surface area contributed by atoms with Crippen LogP contribution in [0.25, 0.3) is 16.9 Å². The maximum atomic E-state index is 12.5. The smallest absolute Gasteiger partial charge is 0.333 e. The molecule has 0 atom stereocenters. The number of halogens is 1. The van der Waals surface area contributed by atoms with Gasteiger partial charge in [-0.1, -0.05) is 11.6 Å². The van der Waals surface area contributed by atoms with Gasteiger partial charge in [-0.15, -0.1) is 0 Å². The third kappa shape index (κ3) is 3.24. The minimum Gasteiger partial charge on any atom is -0.494 e. The van der Waals surface area contributed by atoms with Gasteiger partial charge in [-0.25, -0.2) is 9.78 Å². The van der Waals surface area contributed by atoms with Gasteiger partial charge in [0.1, 0.15) is 11.3 Å². The molecule has 0 aliphatic rings. The van der Waals surface area contributed by atoms with E-state index < -0.39 is 17.1 Å². The SMILES string of the molecule is CC(=O)Nc1nc(-c2c(O)n(C)c(=O)n(C)c2=O)cn1-c1ccc(Cl)cc1. The molecule has 0 aliphatic heterocycles. The Morgan fingerprint density at radius 3 is 2.37 bits per heavy atom. The summed E-state index contributed by atoms with van der Waals surface area (Å²) in [4.78, 5) is 40.3. The van der Waals surface area contributed by atoms with Crippen LogP contribution in [-0.2, 0) is 18.9 Å². The average molecular weight is 390 g/mol. The maximum absolute atomic E-state index is 12.5. The van der Waals surface area contributed by atoms with Crippen molar-refractivity contribution in [1.82, 2.24) is 18.7 Å². The summed E-state index contributed by atoms with van der Waals surface area (Å²) in [5, 5.41) is 13.4. The van der Waals surface area contributed by atoms with E-state index in [1.54, 1.807) is 24.3 Å². The normalized spacial score (nSPS) is 10.8. The molecule has 0 saturated heterocycles. The van der Waals surface area contributed by atoms with Gasteiger partial charge in [-0.05, 0) is 24.3 Å². The number of hydrogen-bond acceptors (Lipinski definition) is 5. The van der Waals surface area contributed by atoms with Gasteiger partial charge in [-0.2, -0.15) is 0 Å². The first-order valence-corrected chi connectivity index (χ1v) is 8.20. The van der Waals surface area contributed by atoms with Crippen molar-refractivity contribution in [1.29, 1.82) is 0 Å². The highest BCUT2D eigenvalue weighted by atomic mass is 35.5. The lowest BCUT2D eigenvalue weighted by molar-refractivity contribution is -0.114. The Bertz CT molecular complexity index is 1160. The zero-order chi connectivity index (χ0) is 19.9. The Labute approximate surface area is 158 Å². The highest BCUT2D eigenvalue weighted by molar-refractivity contribution is 6.30. The van der Waals surface area contributed by atoms with Crippen LogP contribution in [0.4, 0.5) is 5.95 Å². The molecular formula is C17H16ClN5O4. The van der Waals surface area contributed by atoms with E-state index in [1.165, 1.54) is 31.8 Å². The summed E-state index contributed by atoms with van der Waals surface area (Å²) < 4.78 is 3.35. The van der Waals surface area contributed by atoms with Crippen LogP contribution in [-0.4, -0.2) is 29.7 Å². The van der Waals surface area contributed by atoms with Crippen LogP contribution in [0.15, 0.2) is 40.1 Å². The molecule has 2 heterocycles. The van der Waals surface area contributed by atoms with Crippen molar-refractivity contribution in [2.45, 2.75) is 6.92 Å². The van der Waals surface area contributed by atoms with Gasteiger partial charge in [-0.3, -0.25) is 28.6 Å². The lowest BCUT2D eigenvalue weighted by Crippen LogP contribution is -2.37. The molecule has 2 aromatic heterocycles. The first-order chi connectivity index (χ1) is 12.7. The van der Waals surface area contributed by atoms with Crippen LogP contribution in [0.3, 0.4) is 0 Å². The lowest BCUT2D eigenvalue weighted by Gasteiger charge is -2.08. The van der Waals surface area contributed by atoms with Crippen molar-refractivity contribution in [2.75, 3.05) is 5.32 Å². The van der Waals surface area contributed by atoms with Gasteiger partial charge < -0.3 is 5.11 Å². The number of aromatic hydroxyl groups is 1. The number of aromatic nitrogens is 4. The minimum atomic E-state index is -0.703. The fourth-order valence-electron chi connectivity index (χ4n) is 2.60. The zero-order valence-corrected chi connectivity index (χ0v) is 15.5. The van der Waals surface area contributed by atoms with Gasteiger partial charge in [0.25, 0.3) is 5.56 Å². The average Bonchev–Trinajstić information content (AvgIpc) is 3.01. The van der Waals surface area contributed by atoms with E-state index in [0.29, 0.717) is 10.7 Å². The van der Waals surface area contributed by atoms with E-state index in [4.69, 9.17) is 11.6 Å². The predicted octanol–water partition coefficient (Wildman–Crippen LogP) is 1.25. The molecule has 10 heteroatoms. The summed E-state index contributed by atoms with van der Waals surface area (Å²) in [6, 6.07) is 6.74. The largest absolute Gasteiger partial charge is 0.494 e. The third-order valence-electron chi connectivity index (χ3n) is 3.99. The third-order valence-corrected chi connectivity index (χ3v) is 4.24. The van der Waals surface area contributed by atoms with Crippen molar-refractivity contribution in [3.8, 4) is 22.8 Å². The van der Waals surface area contributed by atoms with Crippen molar-refractivity contribution in [3.63, 3.8) is 0 Å². The van der Waals surface area contributed by atoms with Crippen LogP contribution in [0.5, 0.6) is 5.88 Å². The molecule has 0 bridgehead atoms. The highest BCUT2D eigenvalue weighted by Crippen LogP contribution is 2.27. The summed E-state index contributed by atoms with van der Waals surface area (Å²) >= 11 is 5.91. The number of hydrogen-bond donors (Lipinski definition) is 2. The Morgan fingerprint density at radius 2 is 1.78 bits per heavy atom. The molecule has 3 aromatic rings. The number of anilines is 1. The molecular weight excluding hydrogens is 374 g/mol. The number of nitrogens with zero attached hydrogens (tertiary/aromatic N) is 4. The second-order valence-electron chi connectivity index (χ2n) is 5.88. The Hall–Kier alpha value is -3.33. The maximum Gasteiger partial charge on any atom is 0.333 e. The van der Waals surface area contributed by atoms with E-state index in [9.17, 15) is 19.5 Å². The van der Waals surface area contributed by atoms with Crippen LogP contribution in [0.2, 0.25) is 5.02 Å². The minimum absolute atomic E-state index is 0.0994. The summed E-state index contributed by atoms with van der Waals surface area (Å²) in [5.41, 5.74) is -0.796. The molecule has 2 N–H and O–H groups in total. The molecule has 0 spiro atoms. The fourth-order valence-corrected chi connectivity index (χ4v) is 2.73. The first-order valence-electron chi connectivity index (χ1n) is 7.83. The summed E-state index contributed by atoms with van der Waals surface area (Å²) in [6.45, 7) is 1.32. The standard InChI is InChI=1S/C17H16ClN5O4/c1-9(24)19-16-20-12(8-23(16)11-6-4-10(18)5-7-11)13-14(25)21(2)17(27)22(3)15(13)26/h4-8,25H,1-3H3,(H,19,20,24). The second kappa shape index (κ2) is 6.76. The quantitative estimate of drug-likeness (QED) is 0.700.